The van der Waals surface area contributed by atoms with E-state index in [4.69, 9.17) is 0 Å². The molecule has 2 aliphatic rings. The predicted molar refractivity (Wildman–Crippen MR) is 86.6 cm³/mol. The minimum absolute atomic E-state index is 0.392. The molecule has 2 aliphatic heterocycles. The van der Waals surface area contributed by atoms with Crippen LogP contribution in [-0.2, 0) is 10.0 Å². The lowest BCUT2D eigenvalue weighted by Gasteiger charge is -2.34. The SMILES string of the molecule is O=S(=O)(c1ccc(Br)cc1)N1CCC(C2CCCN2)CC1. The Morgan fingerprint density at radius 3 is 2.33 bits per heavy atom. The van der Waals surface area contributed by atoms with Gasteiger partial charge < -0.3 is 5.32 Å². The van der Waals surface area contributed by atoms with Gasteiger partial charge in [0.25, 0.3) is 0 Å². The molecule has 2 saturated heterocycles. The molecule has 1 aromatic carbocycles. The zero-order valence-corrected chi connectivity index (χ0v) is 14.4. The average molecular weight is 373 g/mol. The lowest BCUT2D eigenvalue weighted by Crippen LogP contribution is -2.43. The van der Waals surface area contributed by atoms with E-state index in [0.717, 1.165) is 23.9 Å². The summed E-state index contributed by atoms with van der Waals surface area (Å²) < 4.78 is 27.8. The second-order valence-corrected chi connectivity index (χ2v) is 8.75. The summed E-state index contributed by atoms with van der Waals surface area (Å²) in [4.78, 5) is 0.392. The van der Waals surface area contributed by atoms with Crippen LogP contribution in [0.4, 0.5) is 0 Å². The number of rotatable bonds is 3. The first kappa shape index (κ1) is 15.5. The Bertz CT molecular complexity index is 574. The van der Waals surface area contributed by atoms with Crippen molar-refractivity contribution < 1.29 is 8.42 Å². The number of halogens is 1. The first-order chi connectivity index (χ1) is 10.1. The highest BCUT2D eigenvalue weighted by Gasteiger charge is 2.33. The van der Waals surface area contributed by atoms with Crippen molar-refractivity contribution in [3.63, 3.8) is 0 Å². The lowest BCUT2D eigenvalue weighted by molar-refractivity contribution is 0.234. The Labute approximate surface area is 135 Å². The van der Waals surface area contributed by atoms with Gasteiger partial charge in [-0.15, -0.1) is 0 Å². The fraction of sp³-hybridized carbons (Fsp3) is 0.600. The van der Waals surface area contributed by atoms with Crippen molar-refractivity contribution in [1.29, 1.82) is 0 Å². The second-order valence-electron chi connectivity index (χ2n) is 5.90. The summed E-state index contributed by atoms with van der Waals surface area (Å²) in [5.41, 5.74) is 0. The van der Waals surface area contributed by atoms with Gasteiger partial charge in [-0.05, 0) is 62.4 Å². The van der Waals surface area contributed by atoms with Crippen LogP contribution >= 0.6 is 15.9 Å². The molecule has 0 amide bonds. The first-order valence-corrected chi connectivity index (χ1v) is 9.80. The highest BCUT2D eigenvalue weighted by Crippen LogP contribution is 2.29. The van der Waals surface area contributed by atoms with Crippen LogP contribution in [0.2, 0.25) is 0 Å². The van der Waals surface area contributed by atoms with Crippen LogP contribution < -0.4 is 5.32 Å². The first-order valence-electron chi connectivity index (χ1n) is 7.56. The van der Waals surface area contributed by atoms with Gasteiger partial charge in [-0.1, -0.05) is 15.9 Å². The van der Waals surface area contributed by atoms with Crippen molar-refractivity contribution in [2.45, 2.75) is 36.6 Å². The number of sulfonamides is 1. The molecule has 116 valence electrons. The molecule has 0 aromatic heterocycles. The van der Waals surface area contributed by atoms with E-state index in [9.17, 15) is 8.42 Å². The van der Waals surface area contributed by atoms with Crippen molar-refractivity contribution >= 4 is 26.0 Å². The molecule has 21 heavy (non-hydrogen) atoms. The second kappa shape index (κ2) is 6.36. The zero-order valence-electron chi connectivity index (χ0n) is 12.0. The maximum Gasteiger partial charge on any atom is 0.243 e. The summed E-state index contributed by atoms with van der Waals surface area (Å²) in [7, 11) is -3.33. The van der Waals surface area contributed by atoms with Crippen LogP contribution in [0, 0.1) is 5.92 Å². The van der Waals surface area contributed by atoms with Gasteiger partial charge in [0.1, 0.15) is 0 Å². The molecule has 1 unspecified atom stereocenters. The van der Waals surface area contributed by atoms with Crippen LogP contribution in [0.15, 0.2) is 33.6 Å². The summed E-state index contributed by atoms with van der Waals surface area (Å²) in [5.74, 6) is 0.629. The molecular formula is C15H21BrN2O2S. The minimum atomic E-state index is -3.33. The van der Waals surface area contributed by atoms with Crippen LogP contribution in [-0.4, -0.2) is 38.4 Å². The number of piperidine rings is 1. The quantitative estimate of drug-likeness (QED) is 0.886. The van der Waals surface area contributed by atoms with E-state index >= 15 is 0 Å². The largest absolute Gasteiger partial charge is 0.314 e. The molecule has 0 bridgehead atoms. The van der Waals surface area contributed by atoms with E-state index < -0.39 is 10.0 Å². The third-order valence-electron chi connectivity index (χ3n) is 4.62. The van der Waals surface area contributed by atoms with Crippen LogP contribution in [0.25, 0.3) is 0 Å². The van der Waals surface area contributed by atoms with Gasteiger partial charge in [-0.2, -0.15) is 4.31 Å². The summed E-state index contributed by atoms with van der Waals surface area (Å²) in [5, 5.41) is 3.54. The highest BCUT2D eigenvalue weighted by atomic mass is 79.9. The third-order valence-corrected chi connectivity index (χ3v) is 7.06. The van der Waals surface area contributed by atoms with Crippen molar-refractivity contribution in [3.8, 4) is 0 Å². The van der Waals surface area contributed by atoms with Crippen molar-refractivity contribution in [1.82, 2.24) is 9.62 Å². The summed E-state index contributed by atoms with van der Waals surface area (Å²) in [6, 6.07) is 7.50. The molecule has 3 rings (SSSR count). The van der Waals surface area contributed by atoms with Crippen molar-refractivity contribution in [3.05, 3.63) is 28.7 Å². The average Bonchev–Trinajstić information content (AvgIpc) is 3.02. The van der Waals surface area contributed by atoms with Gasteiger partial charge in [0.05, 0.1) is 4.90 Å². The van der Waals surface area contributed by atoms with E-state index in [1.54, 1.807) is 28.6 Å². The maximum absolute atomic E-state index is 12.6. The van der Waals surface area contributed by atoms with Gasteiger partial charge in [0, 0.05) is 23.6 Å². The molecule has 0 aliphatic carbocycles. The standard InChI is InChI=1S/C15H21BrN2O2S/c16-13-3-5-14(6-4-13)21(19,20)18-10-7-12(8-11-18)15-2-1-9-17-15/h3-6,12,15,17H,1-2,7-11H2. The molecular weight excluding hydrogens is 352 g/mol. The smallest absolute Gasteiger partial charge is 0.243 e. The fourth-order valence-electron chi connectivity index (χ4n) is 3.39. The van der Waals surface area contributed by atoms with Crippen LogP contribution in [0.1, 0.15) is 25.7 Å². The van der Waals surface area contributed by atoms with Gasteiger partial charge in [0.2, 0.25) is 10.0 Å². The van der Waals surface area contributed by atoms with E-state index in [1.165, 1.54) is 12.8 Å². The molecule has 0 spiro atoms. The van der Waals surface area contributed by atoms with Crippen molar-refractivity contribution in [2.24, 2.45) is 5.92 Å². The monoisotopic (exact) mass is 372 g/mol. The van der Waals surface area contributed by atoms with Gasteiger partial charge in [0.15, 0.2) is 0 Å². The Balaban J connectivity index is 1.66. The van der Waals surface area contributed by atoms with Crippen LogP contribution in [0.5, 0.6) is 0 Å². The fourth-order valence-corrected chi connectivity index (χ4v) is 5.12. The number of hydrogen-bond donors (Lipinski definition) is 1. The van der Waals surface area contributed by atoms with Gasteiger partial charge in [-0.3, -0.25) is 0 Å². The van der Waals surface area contributed by atoms with Gasteiger partial charge >= 0.3 is 0 Å². The molecule has 1 atom stereocenters. The number of nitrogens with zero attached hydrogens (tertiary/aromatic N) is 1. The molecule has 6 heteroatoms. The Kier molecular flexibility index (Phi) is 4.69. The molecule has 4 nitrogen and oxygen atoms in total. The topological polar surface area (TPSA) is 49.4 Å². The van der Waals surface area contributed by atoms with E-state index in [-0.39, 0.29) is 0 Å². The summed E-state index contributed by atoms with van der Waals surface area (Å²) >= 11 is 3.34. The van der Waals surface area contributed by atoms with E-state index in [2.05, 4.69) is 21.2 Å². The molecule has 1 aromatic rings. The number of benzene rings is 1. The zero-order chi connectivity index (χ0) is 14.9. The Morgan fingerprint density at radius 2 is 1.76 bits per heavy atom. The van der Waals surface area contributed by atoms with E-state index in [1.807, 2.05) is 0 Å². The predicted octanol–water partition coefficient (Wildman–Crippen LogP) is 2.60. The van der Waals surface area contributed by atoms with E-state index in [0.29, 0.717) is 29.9 Å². The van der Waals surface area contributed by atoms with Crippen molar-refractivity contribution in [2.75, 3.05) is 19.6 Å². The maximum atomic E-state index is 12.6. The number of hydrogen-bond acceptors (Lipinski definition) is 3. The Hall–Kier alpha value is -0.430. The Morgan fingerprint density at radius 1 is 1.10 bits per heavy atom. The summed E-state index contributed by atoms with van der Waals surface area (Å²) in [6.45, 7) is 2.39. The molecule has 0 saturated carbocycles. The third kappa shape index (κ3) is 3.33. The molecule has 2 heterocycles. The normalized spacial score (nSPS) is 25.3. The molecule has 1 N–H and O–H groups in total. The lowest BCUT2D eigenvalue weighted by atomic mass is 9.89. The van der Waals surface area contributed by atoms with Gasteiger partial charge in [-0.25, -0.2) is 8.42 Å². The summed E-state index contributed by atoms with van der Waals surface area (Å²) in [6.07, 6.45) is 4.42. The highest BCUT2D eigenvalue weighted by molar-refractivity contribution is 9.10. The number of nitrogens with one attached hydrogen (secondary N) is 1. The minimum Gasteiger partial charge on any atom is -0.314 e. The molecule has 2 fully saturated rings. The molecule has 0 radical (unpaired) electrons. The van der Waals surface area contributed by atoms with Crippen LogP contribution in [0.3, 0.4) is 0 Å².